The molecule has 0 bridgehead atoms. The van der Waals surface area contributed by atoms with Gasteiger partial charge in [0.15, 0.2) is 0 Å². The van der Waals surface area contributed by atoms with E-state index in [-0.39, 0.29) is 16.9 Å². The Balaban J connectivity index is 2.30. The highest BCUT2D eigenvalue weighted by Crippen LogP contribution is 2.31. The number of benzene rings is 1. The molecule has 1 aromatic carbocycles. The van der Waals surface area contributed by atoms with E-state index in [2.05, 4.69) is 5.32 Å². The highest BCUT2D eigenvalue weighted by molar-refractivity contribution is 7.89. The second-order valence-electron chi connectivity index (χ2n) is 6.66. The summed E-state index contributed by atoms with van der Waals surface area (Å²) >= 11 is 0. The summed E-state index contributed by atoms with van der Waals surface area (Å²) in [5, 5.41) is 11.2. The van der Waals surface area contributed by atoms with Crippen molar-refractivity contribution in [1.29, 1.82) is 5.26 Å². The topological polar surface area (TPSA) is 104 Å². The van der Waals surface area contributed by atoms with Crippen LogP contribution in [0.5, 0.6) is 0 Å². The maximum Gasteiger partial charge on any atom is 0.407 e. The number of nitriles is 1. The van der Waals surface area contributed by atoms with E-state index in [4.69, 9.17) is 5.26 Å². The highest BCUT2D eigenvalue weighted by atomic mass is 32.2. The zero-order chi connectivity index (χ0) is 22.2. The summed E-state index contributed by atoms with van der Waals surface area (Å²) in [7, 11) is -3.26. The molecule has 0 saturated carbocycles. The van der Waals surface area contributed by atoms with Gasteiger partial charge < -0.3 is 9.88 Å². The molecular formula is C17H16F4N4O3S. The normalized spacial score (nSPS) is 12.5. The summed E-state index contributed by atoms with van der Waals surface area (Å²) in [5.41, 5.74) is -3.14. The van der Waals surface area contributed by atoms with Crippen LogP contribution >= 0.6 is 0 Å². The Hall–Kier alpha value is -2.91. The number of carbonyl (C=O) groups is 1. The number of sulfonamides is 1. The first-order chi connectivity index (χ1) is 13.2. The lowest BCUT2D eigenvalue weighted by Gasteiger charge is -2.28. The molecular weight excluding hydrogens is 416 g/mol. The Kier molecular flexibility index (Phi) is 5.78. The van der Waals surface area contributed by atoms with E-state index in [1.807, 2.05) is 0 Å². The van der Waals surface area contributed by atoms with Crippen LogP contribution in [0.2, 0.25) is 0 Å². The van der Waals surface area contributed by atoms with Crippen LogP contribution in [0.25, 0.3) is 0 Å². The lowest BCUT2D eigenvalue weighted by Crippen LogP contribution is -2.54. The molecule has 1 aromatic heterocycles. The number of nitrogens with zero attached hydrogens (tertiary/aromatic N) is 2. The molecule has 0 unspecified atom stereocenters. The van der Waals surface area contributed by atoms with Crippen molar-refractivity contribution in [1.82, 2.24) is 9.29 Å². The third-order valence-electron chi connectivity index (χ3n) is 3.97. The van der Waals surface area contributed by atoms with E-state index in [0.29, 0.717) is 13.8 Å². The van der Waals surface area contributed by atoms with E-state index in [1.165, 1.54) is 13.1 Å². The maximum absolute atomic E-state index is 13.4. The fourth-order valence-corrected chi connectivity index (χ4v) is 3.71. The fraction of sp³-hybridized carbons (Fsp3) is 0.294. The molecule has 0 fully saturated rings. The number of carbonyl (C=O) groups excluding carboxylic acids is 1. The first-order valence-electron chi connectivity index (χ1n) is 7.96. The lowest BCUT2D eigenvalue weighted by atomic mass is 10.1. The van der Waals surface area contributed by atoms with Gasteiger partial charge in [0.2, 0.25) is 10.0 Å². The molecule has 0 spiro atoms. The highest BCUT2D eigenvalue weighted by Gasteiger charge is 2.50. The van der Waals surface area contributed by atoms with Crippen LogP contribution in [-0.4, -0.2) is 30.6 Å². The van der Waals surface area contributed by atoms with Gasteiger partial charge in [-0.2, -0.15) is 23.2 Å². The number of halogens is 4. The minimum absolute atomic E-state index is 0.0786. The fourth-order valence-electron chi connectivity index (χ4n) is 2.24. The third-order valence-corrected chi connectivity index (χ3v) is 5.59. The van der Waals surface area contributed by atoms with Crippen molar-refractivity contribution in [3.05, 3.63) is 47.5 Å². The Morgan fingerprint density at radius 3 is 2.38 bits per heavy atom. The average molecular weight is 432 g/mol. The molecule has 1 amide bonds. The predicted octanol–water partition coefficient (Wildman–Crippen LogP) is 2.91. The molecule has 156 valence electrons. The molecule has 7 nitrogen and oxygen atoms in total. The van der Waals surface area contributed by atoms with Crippen molar-refractivity contribution in [2.45, 2.75) is 30.5 Å². The Bertz CT molecular complexity index is 1100. The summed E-state index contributed by atoms with van der Waals surface area (Å²) in [6.07, 6.45) is -3.86. The number of rotatable bonds is 5. The van der Waals surface area contributed by atoms with Gasteiger partial charge in [-0.05, 0) is 38.1 Å². The van der Waals surface area contributed by atoms with E-state index in [1.54, 1.807) is 10.8 Å². The van der Waals surface area contributed by atoms with Crippen LogP contribution in [0.4, 0.5) is 23.2 Å². The molecule has 0 saturated heterocycles. The minimum Gasteiger partial charge on any atom is -0.345 e. The number of hydrogen-bond donors (Lipinski definition) is 2. The number of amides is 1. The summed E-state index contributed by atoms with van der Waals surface area (Å²) < 4.78 is 79.6. The molecule has 2 N–H and O–H groups in total. The minimum atomic E-state index is -4.84. The Labute approximate surface area is 164 Å². The number of aryl methyl sites for hydroxylation is 1. The summed E-state index contributed by atoms with van der Waals surface area (Å²) in [5.74, 6) is -1.59. The SMILES string of the molecule is Cn1cc(S(=O)(=O)NC(C)(C)C(F)(F)F)cc1C(=O)Nc1ccc(F)c(C#N)c1. The number of nitrogens with one attached hydrogen (secondary N) is 2. The molecule has 0 atom stereocenters. The number of anilines is 1. The van der Waals surface area contributed by atoms with Crippen LogP contribution in [0.15, 0.2) is 35.4 Å². The van der Waals surface area contributed by atoms with Gasteiger partial charge in [-0.3, -0.25) is 4.79 Å². The Morgan fingerprint density at radius 2 is 1.83 bits per heavy atom. The maximum atomic E-state index is 13.4. The molecule has 0 aliphatic rings. The van der Waals surface area contributed by atoms with Crippen LogP contribution in [-0.2, 0) is 17.1 Å². The Morgan fingerprint density at radius 1 is 1.21 bits per heavy atom. The molecule has 0 radical (unpaired) electrons. The van der Waals surface area contributed by atoms with Crippen LogP contribution in [0.3, 0.4) is 0 Å². The first-order valence-corrected chi connectivity index (χ1v) is 9.44. The largest absolute Gasteiger partial charge is 0.407 e. The van der Waals surface area contributed by atoms with Gasteiger partial charge in [0.1, 0.15) is 28.0 Å². The van der Waals surface area contributed by atoms with E-state index in [9.17, 15) is 30.8 Å². The van der Waals surface area contributed by atoms with Gasteiger partial charge in [-0.1, -0.05) is 0 Å². The predicted molar refractivity (Wildman–Crippen MR) is 94.9 cm³/mol. The number of alkyl halides is 3. The monoisotopic (exact) mass is 432 g/mol. The van der Waals surface area contributed by atoms with Gasteiger partial charge in [0.25, 0.3) is 5.91 Å². The van der Waals surface area contributed by atoms with Crippen molar-refractivity contribution in [2.75, 3.05) is 5.32 Å². The van der Waals surface area contributed by atoms with E-state index in [0.717, 1.165) is 29.0 Å². The van der Waals surface area contributed by atoms with Crippen LogP contribution in [0.1, 0.15) is 29.9 Å². The van der Waals surface area contributed by atoms with Gasteiger partial charge in [-0.15, -0.1) is 0 Å². The average Bonchev–Trinajstić information content (AvgIpc) is 2.97. The lowest BCUT2D eigenvalue weighted by molar-refractivity contribution is -0.180. The molecule has 0 aliphatic heterocycles. The zero-order valence-electron chi connectivity index (χ0n) is 15.4. The molecule has 2 aromatic rings. The van der Waals surface area contributed by atoms with E-state index >= 15 is 0 Å². The van der Waals surface area contributed by atoms with Crippen LogP contribution < -0.4 is 10.0 Å². The summed E-state index contributed by atoms with van der Waals surface area (Å²) in [4.78, 5) is 11.9. The second-order valence-corrected chi connectivity index (χ2v) is 8.34. The van der Waals surface area contributed by atoms with Gasteiger partial charge >= 0.3 is 6.18 Å². The number of hydrogen-bond acceptors (Lipinski definition) is 4. The number of aromatic nitrogens is 1. The van der Waals surface area contributed by atoms with Crippen molar-refractivity contribution < 1.29 is 30.8 Å². The second kappa shape index (κ2) is 7.49. The summed E-state index contributed by atoms with van der Waals surface area (Å²) in [6, 6.07) is 5.76. The van der Waals surface area contributed by atoms with Crippen molar-refractivity contribution in [3.8, 4) is 6.07 Å². The smallest absolute Gasteiger partial charge is 0.345 e. The molecule has 29 heavy (non-hydrogen) atoms. The molecule has 2 rings (SSSR count). The standard InChI is InChI=1S/C17H16F4N4O3S/c1-16(2,17(19,20)21)24-29(27,28)12-7-14(25(3)9-12)15(26)23-11-4-5-13(18)10(6-11)8-22/h4-7,9,24H,1-3H3,(H,23,26). The quantitative estimate of drug-likeness (QED) is 0.709. The molecule has 1 heterocycles. The molecule has 12 heteroatoms. The van der Waals surface area contributed by atoms with Crippen molar-refractivity contribution >= 4 is 21.6 Å². The van der Waals surface area contributed by atoms with Gasteiger partial charge in [0.05, 0.1) is 5.56 Å². The van der Waals surface area contributed by atoms with Crippen molar-refractivity contribution in [3.63, 3.8) is 0 Å². The van der Waals surface area contributed by atoms with Gasteiger partial charge in [0, 0.05) is 18.9 Å². The van der Waals surface area contributed by atoms with Gasteiger partial charge in [-0.25, -0.2) is 12.8 Å². The summed E-state index contributed by atoms with van der Waals surface area (Å²) in [6.45, 7) is 1.34. The third kappa shape index (κ3) is 4.75. The van der Waals surface area contributed by atoms with Crippen LogP contribution in [0, 0.1) is 17.1 Å². The molecule has 0 aliphatic carbocycles. The van der Waals surface area contributed by atoms with E-state index < -0.39 is 38.4 Å². The zero-order valence-corrected chi connectivity index (χ0v) is 16.2. The van der Waals surface area contributed by atoms with Crippen molar-refractivity contribution in [2.24, 2.45) is 7.05 Å². The first kappa shape index (κ1) is 22.4.